The number of hydrogen-bond donors (Lipinski definition) is 2. The third kappa shape index (κ3) is 4.22. The van der Waals surface area contributed by atoms with Gasteiger partial charge in [0.2, 0.25) is 0 Å². The first-order chi connectivity index (χ1) is 8.04. The second-order valence-electron chi connectivity index (χ2n) is 4.29. The fraction of sp³-hybridized carbons (Fsp3) is 0.818. The largest absolute Gasteiger partial charge is 0.480 e. The van der Waals surface area contributed by atoms with Crippen molar-refractivity contribution in [1.82, 2.24) is 10.2 Å². The highest BCUT2D eigenvalue weighted by Crippen LogP contribution is 2.07. The fourth-order valence-electron chi connectivity index (χ4n) is 1.70. The Morgan fingerprint density at radius 2 is 2.29 bits per heavy atom. The van der Waals surface area contributed by atoms with Crippen LogP contribution in [0.5, 0.6) is 0 Å². The molecule has 0 aromatic heterocycles. The van der Waals surface area contributed by atoms with Gasteiger partial charge in [0, 0.05) is 12.6 Å². The van der Waals surface area contributed by atoms with E-state index < -0.39 is 5.97 Å². The zero-order chi connectivity index (χ0) is 12.8. The molecule has 1 aliphatic rings. The van der Waals surface area contributed by atoms with Crippen LogP contribution in [0, 0.1) is 0 Å². The zero-order valence-corrected chi connectivity index (χ0v) is 10.3. The van der Waals surface area contributed by atoms with E-state index in [-0.39, 0.29) is 24.7 Å². The molecule has 0 aromatic carbocycles. The maximum Gasteiger partial charge on any atom is 0.323 e. The van der Waals surface area contributed by atoms with Gasteiger partial charge in [-0.25, -0.2) is 4.79 Å². The van der Waals surface area contributed by atoms with E-state index in [2.05, 4.69) is 5.32 Å². The molecule has 17 heavy (non-hydrogen) atoms. The third-order valence-corrected chi connectivity index (χ3v) is 2.95. The van der Waals surface area contributed by atoms with Crippen molar-refractivity contribution in [3.8, 4) is 0 Å². The molecule has 0 spiro atoms. The molecular formula is C11H20N2O4. The highest BCUT2D eigenvalue weighted by atomic mass is 16.5. The molecule has 1 saturated heterocycles. The number of amides is 2. The van der Waals surface area contributed by atoms with Gasteiger partial charge in [-0.15, -0.1) is 0 Å². The Morgan fingerprint density at radius 1 is 1.59 bits per heavy atom. The average molecular weight is 244 g/mol. The molecule has 0 aromatic rings. The number of ether oxygens (including phenoxy) is 1. The van der Waals surface area contributed by atoms with Gasteiger partial charge in [0.05, 0.1) is 12.6 Å². The van der Waals surface area contributed by atoms with E-state index in [4.69, 9.17) is 9.84 Å². The number of nitrogens with one attached hydrogen (secondary N) is 1. The van der Waals surface area contributed by atoms with E-state index >= 15 is 0 Å². The quantitative estimate of drug-likeness (QED) is 0.745. The van der Waals surface area contributed by atoms with Gasteiger partial charge in [-0.2, -0.15) is 0 Å². The van der Waals surface area contributed by atoms with Crippen LogP contribution >= 0.6 is 0 Å². The molecule has 1 aliphatic heterocycles. The monoisotopic (exact) mass is 244 g/mol. The molecule has 0 radical (unpaired) electrons. The summed E-state index contributed by atoms with van der Waals surface area (Å²) in [5.74, 6) is -0.997. The number of aliphatic carboxylic acids is 1. The maximum atomic E-state index is 11.9. The number of urea groups is 1. The lowest BCUT2D eigenvalue weighted by molar-refractivity contribution is -0.138. The standard InChI is InChI=1S/C11H20N2O4/c1-3-8(2)13(6-10(14)15)11(16)12-9-4-5-17-7-9/h8-9H,3-7H2,1-2H3,(H,12,16)(H,14,15). The Labute approximate surface area is 101 Å². The molecule has 2 amide bonds. The molecule has 1 rings (SSSR count). The van der Waals surface area contributed by atoms with E-state index in [9.17, 15) is 9.59 Å². The Balaban J connectivity index is 2.54. The number of carboxylic acid groups (broad SMARTS) is 1. The summed E-state index contributed by atoms with van der Waals surface area (Å²) in [5.41, 5.74) is 0. The van der Waals surface area contributed by atoms with Crippen LogP contribution in [0.15, 0.2) is 0 Å². The molecule has 0 bridgehead atoms. The fourth-order valence-corrected chi connectivity index (χ4v) is 1.70. The predicted molar refractivity (Wildman–Crippen MR) is 61.9 cm³/mol. The number of hydrogen-bond acceptors (Lipinski definition) is 3. The minimum absolute atomic E-state index is 0.00264. The SMILES string of the molecule is CCC(C)N(CC(=O)O)C(=O)NC1CCOC1. The van der Waals surface area contributed by atoms with E-state index in [1.165, 1.54) is 4.90 Å². The molecule has 2 unspecified atom stereocenters. The first-order valence-corrected chi connectivity index (χ1v) is 5.91. The van der Waals surface area contributed by atoms with Crippen molar-refractivity contribution in [2.45, 2.75) is 38.8 Å². The highest BCUT2D eigenvalue weighted by Gasteiger charge is 2.25. The van der Waals surface area contributed by atoms with Crippen LogP contribution in [0.25, 0.3) is 0 Å². The molecule has 6 heteroatoms. The molecule has 98 valence electrons. The van der Waals surface area contributed by atoms with Gasteiger partial charge >= 0.3 is 12.0 Å². The number of nitrogens with zero attached hydrogens (tertiary/aromatic N) is 1. The van der Waals surface area contributed by atoms with Crippen LogP contribution in [-0.4, -0.2) is 53.8 Å². The third-order valence-electron chi connectivity index (χ3n) is 2.95. The van der Waals surface area contributed by atoms with Crippen LogP contribution in [0.3, 0.4) is 0 Å². The van der Waals surface area contributed by atoms with Crippen molar-refractivity contribution in [3.05, 3.63) is 0 Å². The summed E-state index contributed by atoms with van der Waals surface area (Å²) in [6, 6.07) is -0.409. The summed E-state index contributed by atoms with van der Waals surface area (Å²) < 4.78 is 5.16. The summed E-state index contributed by atoms with van der Waals surface area (Å²) in [7, 11) is 0. The second kappa shape index (κ2) is 6.44. The topological polar surface area (TPSA) is 78.9 Å². The van der Waals surface area contributed by atoms with Crippen LogP contribution in [0.4, 0.5) is 4.79 Å². The van der Waals surface area contributed by atoms with Crippen LogP contribution in [-0.2, 0) is 9.53 Å². The molecule has 6 nitrogen and oxygen atoms in total. The predicted octanol–water partition coefficient (Wildman–Crippen LogP) is 0.670. The summed E-state index contributed by atoms with van der Waals surface area (Å²) in [5, 5.41) is 11.6. The molecule has 1 fully saturated rings. The van der Waals surface area contributed by atoms with E-state index in [1.807, 2.05) is 13.8 Å². The summed E-state index contributed by atoms with van der Waals surface area (Å²) in [6.07, 6.45) is 1.51. The average Bonchev–Trinajstić information content (AvgIpc) is 2.77. The number of rotatable bonds is 5. The lowest BCUT2D eigenvalue weighted by atomic mass is 10.2. The van der Waals surface area contributed by atoms with Gasteiger partial charge in [0.1, 0.15) is 6.54 Å². The Hall–Kier alpha value is -1.30. The van der Waals surface area contributed by atoms with Gasteiger partial charge in [-0.3, -0.25) is 4.79 Å². The van der Waals surface area contributed by atoms with Crippen molar-refractivity contribution in [3.63, 3.8) is 0 Å². The smallest absolute Gasteiger partial charge is 0.323 e. The van der Waals surface area contributed by atoms with E-state index in [0.717, 1.165) is 12.8 Å². The van der Waals surface area contributed by atoms with Crippen molar-refractivity contribution in [2.24, 2.45) is 0 Å². The van der Waals surface area contributed by atoms with Gasteiger partial charge in [-0.05, 0) is 19.8 Å². The van der Waals surface area contributed by atoms with Crippen molar-refractivity contribution in [1.29, 1.82) is 0 Å². The van der Waals surface area contributed by atoms with Gasteiger partial charge in [0.15, 0.2) is 0 Å². The van der Waals surface area contributed by atoms with E-state index in [1.54, 1.807) is 0 Å². The summed E-state index contributed by atoms with van der Waals surface area (Å²) >= 11 is 0. The van der Waals surface area contributed by atoms with Crippen molar-refractivity contribution in [2.75, 3.05) is 19.8 Å². The molecular weight excluding hydrogens is 224 g/mol. The number of carbonyl (C=O) groups excluding carboxylic acids is 1. The molecule has 1 heterocycles. The Morgan fingerprint density at radius 3 is 2.76 bits per heavy atom. The maximum absolute atomic E-state index is 11.9. The lowest BCUT2D eigenvalue weighted by Gasteiger charge is -2.28. The first-order valence-electron chi connectivity index (χ1n) is 5.91. The number of carboxylic acids is 1. The lowest BCUT2D eigenvalue weighted by Crippen LogP contribution is -2.50. The molecule has 0 aliphatic carbocycles. The molecule has 2 N–H and O–H groups in total. The van der Waals surface area contributed by atoms with Crippen molar-refractivity contribution < 1.29 is 19.4 Å². The minimum atomic E-state index is -0.997. The highest BCUT2D eigenvalue weighted by molar-refractivity contribution is 5.80. The van der Waals surface area contributed by atoms with Crippen LogP contribution < -0.4 is 5.32 Å². The first kappa shape index (κ1) is 13.8. The summed E-state index contributed by atoms with van der Waals surface area (Å²) in [6.45, 7) is 4.65. The second-order valence-corrected chi connectivity index (χ2v) is 4.29. The Kier molecular flexibility index (Phi) is 5.21. The van der Waals surface area contributed by atoms with Crippen LogP contribution in [0.1, 0.15) is 26.7 Å². The molecule has 2 atom stereocenters. The van der Waals surface area contributed by atoms with Gasteiger partial charge in [0.25, 0.3) is 0 Å². The normalized spacial score (nSPS) is 20.9. The molecule has 0 saturated carbocycles. The zero-order valence-electron chi connectivity index (χ0n) is 10.3. The van der Waals surface area contributed by atoms with Gasteiger partial charge < -0.3 is 20.1 Å². The van der Waals surface area contributed by atoms with E-state index in [0.29, 0.717) is 13.2 Å². The van der Waals surface area contributed by atoms with Gasteiger partial charge in [-0.1, -0.05) is 6.92 Å². The van der Waals surface area contributed by atoms with Crippen LogP contribution in [0.2, 0.25) is 0 Å². The summed E-state index contributed by atoms with van der Waals surface area (Å²) in [4.78, 5) is 24.0. The number of carbonyl (C=O) groups is 2. The van der Waals surface area contributed by atoms with Crippen molar-refractivity contribution >= 4 is 12.0 Å². The minimum Gasteiger partial charge on any atom is -0.480 e. The Bertz CT molecular complexity index is 277.